The molecule has 0 saturated carbocycles. The van der Waals surface area contributed by atoms with E-state index >= 15 is 0 Å². The standard InChI is InChI=1S/C11H15N2O3.Rb.Y/c1-2-9(15)13-5-3-11(4-6-13)7-8(14)12-10(11)16;;/h1-7H2,(H,12,14,16);;/q-1;+1;/p-1. The van der Waals surface area contributed by atoms with Crippen molar-refractivity contribution >= 4 is 17.7 Å². The number of amides is 3. The monoisotopic (exact) mass is 396 g/mol. The smallest absolute Gasteiger partial charge is 0.595 e. The van der Waals surface area contributed by atoms with Crippen LogP contribution in [-0.2, 0) is 47.1 Å². The number of imide groups is 1. The molecule has 0 aromatic heterocycles. The molecule has 2 rings (SSSR count). The fourth-order valence-corrected chi connectivity index (χ4v) is 2.37. The van der Waals surface area contributed by atoms with Crippen LogP contribution in [0.15, 0.2) is 0 Å². The van der Waals surface area contributed by atoms with E-state index in [0.29, 0.717) is 25.9 Å². The number of likely N-dealkylation sites (tertiary alicyclic amines) is 1. The Balaban J connectivity index is 0.00000144. The fraction of sp³-hybridized carbons (Fsp3) is 0.636. The minimum atomic E-state index is -0.602. The molecule has 5 nitrogen and oxygen atoms in total. The number of carbonyl (C=O) groups is 3. The molecule has 18 heavy (non-hydrogen) atoms. The molecule has 0 unspecified atom stereocenters. The van der Waals surface area contributed by atoms with Crippen LogP contribution in [-0.4, -0.2) is 35.7 Å². The van der Waals surface area contributed by atoms with Gasteiger partial charge in [-0.25, -0.2) is 0 Å². The Bertz CT molecular complexity index is 354. The summed E-state index contributed by atoms with van der Waals surface area (Å²) in [6, 6.07) is 0. The number of hydrogen-bond donors (Lipinski definition) is 0. The summed E-state index contributed by atoms with van der Waals surface area (Å²) < 4.78 is 0. The molecule has 3 amide bonds. The van der Waals surface area contributed by atoms with Crippen molar-refractivity contribution in [3.05, 3.63) is 12.2 Å². The first kappa shape index (κ1) is 19.5. The molecule has 0 aromatic carbocycles. The molecule has 2 aliphatic heterocycles. The van der Waals surface area contributed by atoms with E-state index < -0.39 is 5.41 Å². The molecule has 0 aromatic rings. The summed E-state index contributed by atoms with van der Waals surface area (Å²) in [5.41, 5.74) is -0.602. The zero-order valence-corrected chi connectivity index (χ0v) is 18.4. The van der Waals surface area contributed by atoms with Gasteiger partial charge < -0.3 is 26.7 Å². The predicted octanol–water partition coefficient (Wildman–Crippen LogP) is -2.35. The molecule has 2 fully saturated rings. The van der Waals surface area contributed by atoms with Crippen molar-refractivity contribution in [2.75, 3.05) is 13.1 Å². The molecule has 0 atom stereocenters. The second kappa shape index (κ2) is 8.08. The van der Waals surface area contributed by atoms with Gasteiger partial charge in [-0.1, -0.05) is 0 Å². The first-order chi connectivity index (χ1) is 7.57. The van der Waals surface area contributed by atoms with Crippen LogP contribution in [0.25, 0.3) is 5.32 Å². The van der Waals surface area contributed by atoms with Crippen molar-refractivity contribution in [3.8, 4) is 0 Å². The Hall–Kier alpha value is 1.52. The van der Waals surface area contributed by atoms with Crippen molar-refractivity contribution in [2.45, 2.75) is 25.7 Å². The van der Waals surface area contributed by atoms with Crippen LogP contribution in [0, 0.1) is 12.3 Å². The van der Waals surface area contributed by atoms with Crippen molar-refractivity contribution in [3.63, 3.8) is 0 Å². The van der Waals surface area contributed by atoms with Crippen molar-refractivity contribution < 1.29 is 105 Å². The molecule has 2 heterocycles. The van der Waals surface area contributed by atoms with Crippen molar-refractivity contribution in [1.29, 1.82) is 0 Å². The Morgan fingerprint density at radius 2 is 1.89 bits per heavy atom. The van der Waals surface area contributed by atoms with Crippen LogP contribution in [0.5, 0.6) is 0 Å². The Kier molecular flexibility index (Phi) is 8.76. The fourth-order valence-electron chi connectivity index (χ4n) is 2.37. The summed E-state index contributed by atoms with van der Waals surface area (Å²) in [7, 11) is 0. The average Bonchev–Trinajstić information content (AvgIpc) is 2.54. The SMILES string of the molecule is [CH2-]CC(=O)N1CCC2(CC1)CC(=O)[N-]C2=O.[Rb+].[Y]. The second-order valence-corrected chi connectivity index (χ2v) is 4.40. The van der Waals surface area contributed by atoms with E-state index in [1.165, 1.54) is 0 Å². The molecule has 7 heteroatoms. The first-order valence-electron chi connectivity index (χ1n) is 5.43. The van der Waals surface area contributed by atoms with Crippen LogP contribution < -0.4 is 58.2 Å². The molecule has 1 spiro atoms. The molecule has 91 valence electrons. The van der Waals surface area contributed by atoms with E-state index in [0.717, 1.165) is 0 Å². The maximum atomic E-state index is 11.6. The van der Waals surface area contributed by atoms with E-state index in [2.05, 4.69) is 12.2 Å². The molecule has 2 aliphatic rings. The van der Waals surface area contributed by atoms with Crippen LogP contribution in [0.1, 0.15) is 25.7 Å². The van der Waals surface area contributed by atoms with Gasteiger partial charge in [0.25, 0.3) is 0 Å². The number of carbonyl (C=O) groups excluding carboxylic acids is 3. The minimum Gasteiger partial charge on any atom is -0.595 e. The third kappa shape index (κ3) is 4.01. The molecular weight excluding hydrogens is 383 g/mol. The van der Waals surface area contributed by atoms with Crippen molar-refractivity contribution in [2.24, 2.45) is 5.41 Å². The van der Waals surface area contributed by atoms with Gasteiger partial charge in [0.2, 0.25) is 0 Å². The summed E-state index contributed by atoms with van der Waals surface area (Å²) >= 11 is 0. The predicted molar refractivity (Wildman–Crippen MR) is 56.2 cm³/mol. The van der Waals surface area contributed by atoms with Crippen LogP contribution >= 0.6 is 0 Å². The van der Waals surface area contributed by atoms with Crippen molar-refractivity contribution in [1.82, 2.24) is 4.90 Å². The summed E-state index contributed by atoms with van der Waals surface area (Å²) in [6.07, 6.45) is 1.56. The van der Waals surface area contributed by atoms with Gasteiger partial charge in [-0.15, -0.1) is 6.42 Å². The van der Waals surface area contributed by atoms with Gasteiger partial charge in [0.1, 0.15) is 0 Å². The Morgan fingerprint density at radius 1 is 1.33 bits per heavy atom. The molecule has 0 aliphatic carbocycles. The molecular formula is C11H14N2O3RbY-. The van der Waals surface area contributed by atoms with E-state index in [1.807, 2.05) is 0 Å². The third-order valence-corrected chi connectivity index (χ3v) is 3.46. The van der Waals surface area contributed by atoms with Crippen LogP contribution in [0.3, 0.4) is 0 Å². The zero-order chi connectivity index (χ0) is 11.8. The van der Waals surface area contributed by atoms with Gasteiger partial charge in [-0.2, -0.15) is 0 Å². The average molecular weight is 397 g/mol. The molecule has 0 bridgehead atoms. The van der Waals surface area contributed by atoms with Gasteiger partial charge in [-0.05, 0) is 12.8 Å². The van der Waals surface area contributed by atoms with Gasteiger partial charge in [0.05, 0.1) is 11.8 Å². The summed E-state index contributed by atoms with van der Waals surface area (Å²) in [5.74, 6) is -0.607. The topological polar surface area (TPSA) is 68.6 Å². The van der Waals surface area contributed by atoms with Gasteiger partial charge >= 0.3 is 58.2 Å². The van der Waals surface area contributed by atoms with E-state index in [1.54, 1.807) is 4.90 Å². The maximum Gasteiger partial charge on any atom is 1.00 e. The Morgan fingerprint density at radius 3 is 2.28 bits per heavy atom. The zero-order valence-electron chi connectivity index (χ0n) is 10.6. The van der Waals surface area contributed by atoms with E-state index in [9.17, 15) is 14.4 Å². The quantitative estimate of drug-likeness (QED) is 0.368. The normalized spacial score (nSPS) is 21.1. The van der Waals surface area contributed by atoms with E-state index in [4.69, 9.17) is 0 Å². The molecule has 2 saturated heterocycles. The molecule has 0 N–H and O–H groups in total. The van der Waals surface area contributed by atoms with Gasteiger partial charge in [-0.3, -0.25) is 4.79 Å². The number of hydrogen-bond acceptors (Lipinski definition) is 3. The van der Waals surface area contributed by atoms with Crippen LogP contribution in [0.2, 0.25) is 0 Å². The first-order valence-corrected chi connectivity index (χ1v) is 5.43. The Labute approximate surface area is 181 Å². The van der Waals surface area contributed by atoms with Crippen LogP contribution in [0.4, 0.5) is 0 Å². The maximum absolute atomic E-state index is 11.6. The number of piperidine rings is 1. The van der Waals surface area contributed by atoms with Gasteiger partial charge in [0, 0.05) is 57.6 Å². The second-order valence-electron chi connectivity index (χ2n) is 4.40. The third-order valence-electron chi connectivity index (χ3n) is 3.46. The van der Waals surface area contributed by atoms with E-state index in [-0.39, 0.29) is 121 Å². The summed E-state index contributed by atoms with van der Waals surface area (Å²) in [4.78, 5) is 35.8. The minimum absolute atomic E-state index is 0. The molecule has 1 radical (unpaired) electrons. The summed E-state index contributed by atoms with van der Waals surface area (Å²) in [6.45, 7) is 4.61. The number of rotatable bonds is 1. The number of nitrogens with zero attached hydrogens (tertiary/aromatic N) is 2. The summed E-state index contributed by atoms with van der Waals surface area (Å²) in [5, 5.41) is 3.46. The largest absolute Gasteiger partial charge is 1.00 e. The van der Waals surface area contributed by atoms with Gasteiger partial charge in [0.15, 0.2) is 5.91 Å².